The van der Waals surface area contributed by atoms with Gasteiger partial charge in [0.1, 0.15) is 0 Å². The minimum absolute atomic E-state index is 0.0514. The van der Waals surface area contributed by atoms with Crippen LogP contribution >= 0.6 is 0 Å². The van der Waals surface area contributed by atoms with Crippen LogP contribution in [0.4, 0.5) is 16.2 Å². The lowest BCUT2D eigenvalue weighted by molar-refractivity contribution is 0.0703. The van der Waals surface area contributed by atoms with Crippen molar-refractivity contribution in [1.82, 2.24) is 10.2 Å². The molecule has 1 aromatic heterocycles. The largest absolute Gasteiger partial charge is 0.459 e. The average Bonchev–Trinajstić information content (AvgIpc) is 3.29. The molecule has 0 bridgehead atoms. The molecule has 2 aromatic rings. The van der Waals surface area contributed by atoms with E-state index >= 15 is 0 Å². The molecule has 0 saturated heterocycles. The number of carbonyl (C=O) groups is 2. The van der Waals surface area contributed by atoms with Crippen molar-refractivity contribution in [3.8, 4) is 0 Å². The third-order valence-electron chi connectivity index (χ3n) is 4.79. The lowest BCUT2D eigenvalue weighted by Crippen LogP contribution is -2.34. The molecule has 3 amide bonds. The number of anilines is 2. The zero-order valence-corrected chi connectivity index (χ0v) is 17.6. The third kappa shape index (κ3) is 5.76. The number of nitrogens with zero attached hydrogens (tertiary/aromatic N) is 2. The molecule has 0 aliphatic heterocycles. The zero-order chi connectivity index (χ0) is 21.0. The lowest BCUT2D eigenvalue weighted by Gasteiger charge is -2.26. The van der Waals surface area contributed by atoms with Crippen LogP contribution in [0.1, 0.15) is 42.8 Å². The van der Waals surface area contributed by atoms with Crippen molar-refractivity contribution in [2.24, 2.45) is 5.92 Å². The molecule has 1 heterocycles. The van der Waals surface area contributed by atoms with Crippen LogP contribution in [-0.4, -0.2) is 43.5 Å². The number of amides is 3. The Morgan fingerprint density at radius 3 is 2.55 bits per heavy atom. The molecule has 1 aliphatic rings. The highest BCUT2D eigenvalue weighted by molar-refractivity contribution is 5.92. The van der Waals surface area contributed by atoms with Crippen LogP contribution in [0.2, 0.25) is 0 Å². The smallest absolute Gasteiger partial charge is 0.319 e. The predicted octanol–water partition coefficient (Wildman–Crippen LogP) is 3.93. The predicted molar refractivity (Wildman–Crippen MR) is 114 cm³/mol. The van der Waals surface area contributed by atoms with E-state index in [1.165, 1.54) is 6.26 Å². The molecule has 29 heavy (non-hydrogen) atoms. The van der Waals surface area contributed by atoms with Crippen molar-refractivity contribution in [3.05, 3.63) is 47.9 Å². The van der Waals surface area contributed by atoms with Crippen molar-refractivity contribution < 1.29 is 14.0 Å². The second-order valence-corrected chi connectivity index (χ2v) is 8.10. The summed E-state index contributed by atoms with van der Waals surface area (Å²) in [5, 5.41) is 5.70. The highest BCUT2D eigenvalue weighted by atomic mass is 16.3. The van der Waals surface area contributed by atoms with Crippen LogP contribution in [0.3, 0.4) is 0 Å². The fourth-order valence-electron chi connectivity index (χ4n) is 3.25. The van der Waals surface area contributed by atoms with Gasteiger partial charge < -0.3 is 24.9 Å². The molecule has 1 saturated carbocycles. The minimum atomic E-state index is -0.245. The van der Waals surface area contributed by atoms with Gasteiger partial charge in [0.15, 0.2) is 5.76 Å². The highest BCUT2D eigenvalue weighted by Crippen LogP contribution is 2.32. The summed E-state index contributed by atoms with van der Waals surface area (Å²) in [6.07, 6.45) is 3.82. The van der Waals surface area contributed by atoms with Gasteiger partial charge in [0.25, 0.3) is 5.91 Å². The van der Waals surface area contributed by atoms with Gasteiger partial charge in [0.05, 0.1) is 6.26 Å². The van der Waals surface area contributed by atoms with Gasteiger partial charge in [-0.05, 0) is 68.5 Å². The van der Waals surface area contributed by atoms with E-state index in [0.29, 0.717) is 30.5 Å². The summed E-state index contributed by atoms with van der Waals surface area (Å²) in [6, 6.07) is 9.01. The average molecular weight is 399 g/mol. The number of urea groups is 1. The Hall–Kier alpha value is -2.96. The van der Waals surface area contributed by atoms with E-state index in [0.717, 1.165) is 24.1 Å². The molecule has 0 radical (unpaired) electrons. The van der Waals surface area contributed by atoms with Crippen LogP contribution in [0, 0.1) is 5.92 Å². The van der Waals surface area contributed by atoms with E-state index < -0.39 is 0 Å². The molecule has 2 N–H and O–H groups in total. The second-order valence-electron chi connectivity index (χ2n) is 8.10. The molecule has 156 valence electrons. The first-order chi connectivity index (χ1) is 13.8. The fraction of sp³-hybridized carbons (Fsp3) is 0.455. The molecule has 1 aliphatic carbocycles. The van der Waals surface area contributed by atoms with Crippen LogP contribution in [0.15, 0.2) is 41.0 Å². The number of carbonyl (C=O) groups excluding carboxylic acids is 2. The van der Waals surface area contributed by atoms with E-state index in [1.807, 2.05) is 55.9 Å². The van der Waals surface area contributed by atoms with Gasteiger partial charge in [-0.25, -0.2) is 4.79 Å². The Labute approximate surface area is 172 Å². The van der Waals surface area contributed by atoms with E-state index in [9.17, 15) is 9.59 Å². The van der Waals surface area contributed by atoms with Crippen molar-refractivity contribution in [3.63, 3.8) is 0 Å². The maximum Gasteiger partial charge on any atom is 0.319 e. The molecule has 1 fully saturated rings. The number of nitrogens with one attached hydrogen (secondary N) is 2. The van der Waals surface area contributed by atoms with Gasteiger partial charge in [-0.1, -0.05) is 0 Å². The number of furan rings is 1. The van der Waals surface area contributed by atoms with Crippen molar-refractivity contribution in [1.29, 1.82) is 0 Å². The molecule has 0 unspecified atom stereocenters. The van der Waals surface area contributed by atoms with E-state index in [1.54, 1.807) is 12.1 Å². The van der Waals surface area contributed by atoms with Crippen molar-refractivity contribution in [2.75, 3.05) is 30.9 Å². The monoisotopic (exact) mass is 398 g/mol. The molecule has 0 spiro atoms. The summed E-state index contributed by atoms with van der Waals surface area (Å²) >= 11 is 0. The molecule has 0 atom stereocenters. The molecular formula is C22H30N4O3. The quantitative estimate of drug-likeness (QED) is 0.706. The van der Waals surface area contributed by atoms with Gasteiger partial charge in [-0.15, -0.1) is 0 Å². The Morgan fingerprint density at radius 2 is 1.97 bits per heavy atom. The van der Waals surface area contributed by atoms with E-state index in [4.69, 9.17) is 4.42 Å². The molecule has 1 aromatic carbocycles. The Balaban J connectivity index is 1.83. The second kappa shape index (κ2) is 9.03. The normalized spacial score (nSPS) is 13.3. The Bertz CT molecular complexity index is 842. The highest BCUT2D eigenvalue weighted by Gasteiger charge is 2.29. The summed E-state index contributed by atoms with van der Waals surface area (Å²) in [5.41, 5.74) is 2.67. The van der Waals surface area contributed by atoms with E-state index in [2.05, 4.69) is 10.6 Å². The maximum absolute atomic E-state index is 13.0. The molecule has 3 rings (SSSR count). The number of hydrogen-bond acceptors (Lipinski definition) is 4. The topological polar surface area (TPSA) is 77.8 Å². The first-order valence-corrected chi connectivity index (χ1v) is 10.0. The number of hydrogen-bond donors (Lipinski definition) is 2. The maximum atomic E-state index is 13.0. The first-order valence-electron chi connectivity index (χ1n) is 10.0. The zero-order valence-electron chi connectivity index (χ0n) is 17.6. The first kappa shape index (κ1) is 20.8. The van der Waals surface area contributed by atoms with Crippen LogP contribution in [0.5, 0.6) is 0 Å². The van der Waals surface area contributed by atoms with Crippen LogP contribution < -0.4 is 15.5 Å². The fourth-order valence-corrected chi connectivity index (χ4v) is 3.25. The Morgan fingerprint density at radius 1 is 1.21 bits per heavy atom. The lowest BCUT2D eigenvalue weighted by atomic mass is 10.1. The standard InChI is InChI=1S/C22H30N4O3/c1-15(2)23-22(28)24-18-9-10-19(25(3)4)17(12-18)14-26(13-16-7-8-16)21(27)20-6-5-11-29-20/h5-6,9-12,15-16H,7-8,13-14H2,1-4H3,(H2,23,24,28). The van der Waals surface area contributed by atoms with Gasteiger partial charge >= 0.3 is 6.03 Å². The number of benzene rings is 1. The summed E-state index contributed by atoms with van der Waals surface area (Å²) in [5.74, 6) is 0.792. The SMILES string of the molecule is CC(C)NC(=O)Nc1ccc(N(C)C)c(CN(CC2CC2)C(=O)c2ccco2)c1. The Kier molecular flexibility index (Phi) is 6.46. The molecular weight excluding hydrogens is 368 g/mol. The summed E-state index contributed by atoms with van der Waals surface area (Å²) in [7, 11) is 3.94. The van der Waals surface area contributed by atoms with Crippen molar-refractivity contribution >= 4 is 23.3 Å². The summed E-state index contributed by atoms with van der Waals surface area (Å²) < 4.78 is 5.34. The van der Waals surface area contributed by atoms with Crippen LogP contribution in [-0.2, 0) is 6.54 Å². The van der Waals surface area contributed by atoms with Crippen molar-refractivity contribution in [2.45, 2.75) is 39.3 Å². The minimum Gasteiger partial charge on any atom is -0.459 e. The van der Waals surface area contributed by atoms with Gasteiger partial charge in [0, 0.05) is 44.6 Å². The van der Waals surface area contributed by atoms with E-state index in [-0.39, 0.29) is 18.0 Å². The van der Waals surface area contributed by atoms with Gasteiger partial charge in [-0.2, -0.15) is 0 Å². The third-order valence-corrected chi connectivity index (χ3v) is 4.79. The van der Waals surface area contributed by atoms with Gasteiger partial charge in [-0.3, -0.25) is 4.79 Å². The molecule has 7 heteroatoms. The summed E-state index contributed by atoms with van der Waals surface area (Å²) in [4.78, 5) is 28.9. The van der Waals surface area contributed by atoms with Crippen LogP contribution in [0.25, 0.3) is 0 Å². The van der Waals surface area contributed by atoms with Gasteiger partial charge in [0.2, 0.25) is 0 Å². The molecule has 7 nitrogen and oxygen atoms in total. The summed E-state index contributed by atoms with van der Waals surface area (Å²) in [6.45, 7) is 4.98. The number of rotatable bonds is 8.